The lowest BCUT2D eigenvalue weighted by atomic mass is 9.41. The maximum atomic E-state index is 7.34. The fourth-order valence-corrected chi connectivity index (χ4v) is 10.3. The molecular weight excluding hydrogens is 290 g/mol. The van der Waals surface area contributed by atoms with Crippen LogP contribution in [0.2, 0.25) is 0 Å². The van der Waals surface area contributed by atoms with E-state index < -0.39 is 0 Å². The molecule has 8 rings (SSSR count). The van der Waals surface area contributed by atoms with Crippen molar-refractivity contribution in [2.45, 2.75) is 95.9 Å². The second-order valence-corrected chi connectivity index (χ2v) is 12.2. The Morgan fingerprint density at radius 3 is 1.38 bits per heavy atom. The van der Waals surface area contributed by atoms with E-state index in [-0.39, 0.29) is 5.54 Å². The summed E-state index contributed by atoms with van der Waals surface area (Å²) in [6.07, 6.45) is 19.8. The summed E-state index contributed by atoms with van der Waals surface area (Å²) < 4.78 is 0. The van der Waals surface area contributed by atoms with Crippen LogP contribution < -0.4 is 5.73 Å². The predicted octanol–water partition coefficient (Wildman–Crippen LogP) is 5.53. The van der Waals surface area contributed by atoms with Crippen LogP contribution in [0.5, 0.6) is 0 Å². The Labute approximate surface area is 148 Å². The zero-order chi connectivity index (χ0) is 16.2. The van der Waals surface area contributed by atoms with Crippen molar-refractivity contribution in [3.63, 3.8) is 0 Å². The summed E-state index contributed by atoms with van der Waals surface area (Å²) in [5, 5.41) is 0. The monoisotopic (exact) mass is 327 g/mol. The normalized spacial score (nSPS) is 59.8. The highest BCUT2D eigenvalue weighted by molar-refractivity contribution is 5.14. The van der Waals surface area contributed by atoms with Crippen LogP contribution in [0.3, 0.4) is 0 Å². The van der Waals surface area contributed by atoms with E-state index in [1.54, 1.807) is 57.8 Å². The molecule has 8 aliphatic rings. The van der Waals surface area contributed by atoms with Gasteiger partial charge in [-0.15, -0.1) is 0 Å². The smallest absolute Gasteiger partial charge is 0.0188 e. The van der Waals surface area contributed by atoms with Crippen LogP contribution in [0, 0.1) is 46.3 Å². The Kier molecular flexibility index (Phi) is 2.90. The average molecular weight is 328 g/mol. The van der Waals surface area contributed by atoms with E-state index in [9.17, 15) is 0 Å². The van der Waals surface area contributed by atoms with Crippen molar-refractivity contribution in [1.82, 2.24) is 0 Å². The fourth-order valence-electron chi connectivity index (χ4n) is 10.3. The minimum Gasteiger partial charge on any atom is -0.325 e. The first kappa shape index (κ1) is 15.1. The average Bonchev–Trinajstić information content (AvgIpc) is 2.42. The van der Waals surface area contributed by atoms with E-state index in [0.29, 0.717) is 10.8 Å². The molecule has 8 saturated carbocycles. The highest BCUT2D eigenvalue weighted by Crippen LogP contribution is 2.67. The Hall–Kier alpha value is -0.0400. The van der Waals surface area contributed by atoms with Crippen LogP contribution in [0.15, 0.2) is 0 Å². The van der Waals surface area contributed by atoms with Crippen LogP contribution in [-0.4, -0.2) is 5.54 Å². The molecule has 24 heavy (non-hydrogen) atoms. The van der Waals surface area contributed by atoms with Gasteiger partial charge in [0.05, 0.1) is 0 Å². The summed E-state index contributed by atoms with van der Waals surface area (Å²) in [4.78, 5) is 0. The fraction of sp³-hybridized carbons (Fsp3) is 1.00. The van der Waals surface area contributed by atoms with E-state index in [4.69, 9.17) is 5.73 Å². The quantitative estimate of drug-likeness (QED) is 0.725. The predicted molar refractivity (Wildman–Crippen MR) is 98.4 cm³/mol. The molecule has 0 amide bonds. The zero-order valence-corrected chi connectivity index (χ0v) is 15.7. The molecule has 0 aliphatic heterocycles. The number of hydrogen-bond donors (Lipinski definition) is 1. The summed E-state index contributed by atoms with van der Waals surface area (Å²) in [5.41, 5.74) is 8.62. The van der Waals surface area contributed by atoms with Gasteiger partial charge in [0, 0.05) is 5.54 Å². The summed E-state index contributed by atoms with van der Waals surface area (Å²) in [7, 11) is 0. The molecule has 0 aromatic carbocycles. The van der Waals surface area contributed by atoms with E-state index in [2.05, 4.69) is 6.92 Å². The lowest BCUT2D eigenvalue weighted by Crippen LogP contribution is -2.63. The molecule has 2 N–H and O–H groups in total. The molecule has 0 heterocycles. The van der Waals surface area contributed by atoms with Gasteiger partial charge in [-0.05, 0) is 137 Å². The number of nitrogens with two attached hydrogens (primary N) is 1. The second kappa shape index (κ2) is 4.62. The van der Waals surface area contributed by atoms with Crippen LogP contribution in [-0.2, 0) is 0 Å². The molecule has 1 nitrogen and oxygen atoms in total. The van der Waals surface area contributed by atoms with Gasteiger partial charge < -0.3 is 5.73 Å². The van der Waals surface area contributed by atoms with E-state index in [1.165, 1.54) is 25.7 Å². The SMILES string of the molecule is CC(N)(CC12CC3CC(CC(C3)C1)C2)C12CC3CC(CC(C3)C1)C2. The molecule has 134 valence electrons. The largest absolute Gasteiger partial charge is 0.325 e. The third-order valence-electron chi connectivity index (χ3n) is 10.2. The molecule has 0 aromatic heterocycles. The van der Waals surface area contributed by atoms with Gasteiger partial charge in [-0.3, -0.25) is 0 Å². The van der Waals surface area contributed by atoms with Crippen molar-refractivity contribution < 1.29 is 0 Å². The van der Waals surface area contributed by atoms with Crippen molar-refractivity contribution in [2.75, 3.05) is 0 Å². The third kappa shape index (κ3) is 2.03. The van der Waals surface area contributed by atoms with Gasteiger partial charge in [0.15, 0.2) is 0 Å². The van der Waals surface area contributed by atoms with Gasteiger partial charge in [-0.2, -0.15) is 0 Å². The second-order valence-electron chi connectivity index (χ2n) is 12.2. The number of rotatable bonds is 3. The first-order valence-corrected chi connectivity index (χ1v) is 11.2. The minimum atomic E-state index is 0.106. The van der Waals surface area contributed by atoms with Crippen molar-refractivity contribution in [2.24, 2.45) is 52.1 Å². The highest BCUT2D eigenvalue weighted by atomic mass is 14.8. The molecule has 8 bridgehead atoms. The molecule has 8 fully saturated rings. The zero-order valence-electron chi connectivity index (χ0n) is 15.7. The van der Waals surface area contributed by atoms with Gasteiger partial charge in [-0.1, -0.05) is 0 Å². The number of hydrogen-bond acceptors (Lipinski definition) is 1. The molecule has 0 saturated heterocycles. The van der Waals surface area contributed by atoms with E-state index in [0.717, 1.165) is 35.5 Å². The van der Waals surface area contributed by atoms with Crippen LogP contribution in [0.25, 0.3) is 0 Å². The summed E-state index contributed by atoms with van der Waals surface area (Å²) >= 11 is 0. The first-order valence-electron chi connectivity index (χ1n) is 11.2. The lowest BCUT2D eigenvalue weighted by Gasteiger charge is -2.65. The van der Waals surface area contributed by atoms with E-state index in [1.807, 2.05) is 0 Å². The molecule has 1 unspecified atom stereocenters. The van der Waals surface area contributed by atoms with Gasteiger partial charge in [-0.25, -0.2) is 0 Å². The van der Waals surface area contributed by atoms with Crippen LogP contribution >= 0.6 is 0 Å². The summed E-state index contributed by atoms with van der Waals surface area (Å²) in [6.45, 7) is 2.51. The lowest BCUT2D eigenvalue weighted by molar-refractivity contribution is -0.127. The Bertz CT molecular complexity index is 474. The molecule has 1 atom stereocenters. The molecule has 0 aromatic rings. The van der Waals surface area contributed by atoms with Crippen molar-refractivity contribution in [3.05, 3.63) is 0 Å². The van der Waals surface area contributed by atoms with Gasteiger partial charge >= 0.3 is 0 Å². The Morgan fingerprint density at radius 1 is 0.667 bits per heavy atom. The minimum absolute atomic E-state index is 0.106. The third-order valence-corrected chi connectivity index (χ3v) is 10.2. The summed E-state index contributed by atoms with van der Waals surface area (Å²) in [6, 6.07) is 0. The maximum absolute atomic E-state index is 7.34. The van der Waals surface area contributed by atoms with Crippen LogP contribution in [0.1, 0.15) is 90.4 Å². The molecule has 8 aliphatic carbocycles. The highest BCUT2D eigenvalue weighted by Gasteiger charge is 2.60. The first-order chi connectivity index (χ1) is 11.4. The summed E-state index contributed by atoms with van der Waals surface area (Å²) in [5.74, 6) is 6.33. The van der Waals surface area contributed by atoms with E-state index >= 15 is 0 Å². The maximum Gasteiger partial charge on any atom is 0.0188 e. The van der Waals surface area contributed by atoms with Gasteiger partial charge in [0.1, 0.15) is 0 Å². The van der Waals surface area contributed by atoms with Gasteiger partial charge in [0.2, 0.25) is 0 Å². The molecule has 1 heteroatoms. The molecule has 0 spiro atoms. The molecule has 0 radical (unpaired) electrons. The molecular formula is C23H37N. The van der Waals surface area contributed by atoms with Gasteiger partial charge in [0.25, 0.3) is 0 Å². The Morgan fingerprint density at radius 2 is 1.00 bits per heavy atom. The standard InChI is InChI=1S/C23H37N/c1-21(24,23-11-18-5-19(12-23)7-20(6-18)13-23)14-22-8-15-2-16(9-22)4-17(3-15)10-22/h15-20H,2-14,24H2,1H3. The van der Waals surface area contributed by atoms with Crippen LogP contribution in [0.4, 0.5) is 0 Å². The Balaban J connectivity index is 1.30. The topological polar surface area (TPSA) is 26.0 Å². The van der Waals surface area contributed by atoms with Crippen molar-refractivity contribution >= 4 is 0 Å². The van der Waals surface area contributed by atoms with Crippen molar-refractivity contribution in [3.8, 4) is 0 Å². The van der Waals surface area contributed by atoms with Crippen molar-refractivity contribution in [1.29, 1.82) is 0 Å².